The number of fused-ring (bicyclic) bond motifs is 1. The fourth-order valence-corrected chi connectivity index (χ4v) is 4.34. The number of hydrogen-bond donors (Lipinski definition) is 3. The lowest BCUT2D eigenvalue weighted by atomic mass is 9.97. The molecule has 1 aliphatic rings. The molecule has 3 aromatic rings. The number of carbonyl (C=O) groups is 1. The van der Waals surface area contributed by atoms with E-state index in [0.717, 1.165) is 35.6 Å². The molecule has 4 rings (SSSR count). The van der Waals surface area contributed by atoms with Gasteiger partial charge in [0.25, 0.3) is 5.91 Å². The maximum Gasteiger partial charge on any atom is 0.284 e. The van der Waals surface area contributed by atoms with Gasteiger partial charge in [-0.2, -0.15) is 0 Å². The zero-order chi connectivity index (χ0) is 19.7. The number of carbonyl (C=O) groups excluding carboxylic acids is 1. The van der Waals surface area contributed by atoms with Crippen molar-refractivity contribution in [3.8, 4) is 11.1 Å². The number of aliphatic hydroxyl groups is 1. The number of nitrogens with zero attached hydrogens (tertiary/aromatic N) is 1. The van der Waals surface area contributed by atoms with Crippen LogP contribution < -0.4 is 10.6 Å². The molecule has 0 spiro atoms. The minimum atomic E-state index is -0.448. The molecule has 5 nitrogen and oxygen atoms in total. The Hall–Kier alpha value is -2.61. The minimum absolute atomic E-state index is 0.244. The lowest BCUT2D eigenvalue weighted by Gasteiger charge is -2.14. The predicted octanol–water partition coefficient (Wildman–Crippen LogP) is 3.65. The van der Waals surface area contributed by atoms with Crippen molar-refractivity contribution >= 4 is 22.9 Å². The largest absolute Gasteiger partial charge is 0.392 e. The van der Waals surface area contributed by atoms with E-state index in [1.807, 2.05) is 6.92 Å². The molecule has 28 heavy (non-hydrogen) atoms. The number of thiazole rings is 1. The summed E-state index contributed by atoms with van der Waals surface area (Å²) in [6, 6.07) is 10.3. The Morgan fingerprint density at radius 2 is 2.07 bits per heavy atom. The molecule has 1 aliphatic heterocycles. The lowest BCUT2D eigenvalue weighted by Crippen LogP contribution is -2.22. The van der Waals surface area contributed by atoms with Crippen molar-refractivity contribution in [2.75, 3.05) is 11.9 Å². The van der Waals surface area contributed by atoms with Gasteiger partial charge in [-0.1, -0.05) is 30.3 Å². The van der Waals surface area contributed by atoms with Gasteiger partial charge < -0.3 is 15.7 Å². The first-order chi connectivity index (χ1) is 13.6. The summed E-state index contributed by atoms with van der Waals surface area (Å²) in [5, 5.41) is 15.9. The van der Waals surface area contributed by atoms with Crippen molar-refractivity contribution in [3.63, 3.8) is 0 Å². The van der Waals surface area contributed by atoms with Gasteiger partial charge in [0, 0.05) is 41.2 Å². The SMILES string of the molecule is Cc1c(NC(=O)c2nc3c(s2)CNCC3)cccc1-c1cccc(CO)c1F. The molecule has 3 N–H and O–H groups in total. The molecule has 2 aromatic carbocycles. The van der Waals surface area contributed by atoms with E-state index in [1.54, 1.807) is 36.4 Å². The van der Waals surface area contributed by atoms with E-state index in [0.29, 0.717) is 21.8 Å². The van der Waals surface area contributed by atoms with E-state index in [4.69, 9.17) is 0 Å². The van der Waals surface area contributed by atoms with E-state index in [1.165, 1.54) is 11.3 Å². The molecular formula is C21H20FN3O2S. The average Bonchev–Trinajstić information content (AvgIpc) is 3.14. The molecule has 0 saturated heterocycles. The first-order valence-corrected chi connectivity index (χ1v) is 9.89. The van der Waals surface area contributed by atoms with Crippen LogP contribution in [0.1, 0.15) is 31.5 Å². The third-order valence-corrected chi connectivity index (χ3v) is 6.01. The number of benzene rings is 2. The number of halogens is 1. The summed E-state index contributed by atoms with van der Waals surface area (Å²) >= 11 is 1.40. The van der Waals surface area contributed by atoms with Crippen molar-refractivity contribution in [2.45, 2.75) is 26.5 Å². The fraction of sp³-hybridized carbons (Fsp3) is 0.238. The third kappa shape index (κ3) is 3.44. The molecule has 144 valence electrons. The molecule has 0 saturated carbocycles. The van der Waals surface area contributed by atoms with Crippen molar-refractivity contribution in [2.24, 2.45) is 0 Å². The van der Waals surface area contributed by atoms with Gasteiger partial charge >= 0.3 is 0 Å². The molecular weight excluding hydrogens is 377 g/mol. The number of rotatable bonds is 4. The van der Waals surface area contributed by atoms with Crippen LogP contribution in [-0.2, 0) is 19.6 Å². The molecule has 0 unspecified atom stereocenters. The number of hydrogen-bond acceptors (Lipinski definition) is 5. The van der Waals surface area contributed by atoms with Crippen LogP contribution in [0.2, 0.25) is 0 Å². The second kappa shape index (κ2) is 7.79. The van der Waals surface area contributed by atoms with Crippen molar-refractivity contribution < 1.29 is 14.3 Å². The Morgan fingerprint density at radius 3 is 2.86 bits per heavy atom. The van der Waals surface area contributed by atoms with Crippen LogP contribution in [0.3, 0.4) is 0 Å². The van der Waals surface area contributed by atoms with Gasteiger partial charge in [-0.25, -0.2) is 9.37 Å². The summed E-state index contributed by atoms with van der Waals surface area (Å²) in [4.78, 5) is 18.3. The molecule has 0 radical (unpaired) electrons. The van der Waals surface area contributed by atoms with E-state index in [2.05, 4.69) is 15.6 Å². The summed E-state index contributed by atoms with van der Waals surface area (Å²) in [5.41, 5.74) is 3.68. The van der Waals surface area contributed by atoms with Gasteiger partial charge in [-0.15, -0.1) is 11.3 Å². The fourth-order valence-electron chi connectivity index (χ4n) is 3.37. The van der Waals surface area contributed by atoms with E-state index < -0.39 is 5.82 Å². The normalized spacial score (nSPS) is 13.2. The Labute approximate surface area is 166 Å². The summed E-state index contributed by atoms with van der Waals surface area (Å²) < 4.78 is 14.7. The van der Waals surface area contributed by atoms with E-state index in [-0.39, 0.29) is 18.1 Å². The highest BCUT2D eigenvalue weighted by atomic mass is 32.1. The molecule has 0 atom stereocenters. The van der Waals surface area contributed by atoms with Gasteiger partial charge in [0.2, 0.25) is 0 Å². The summed E-state index contributed by atoms with van der Waals surface area (Å²) in [5.74, 6) is -0.707. The topological polar surface area (TPSA) is 74.2 Å². The molecule has 0 bridgehead atoms. The van der Waals surface area contributed by atoms with Crippen LogP contribution >= 0.6 is 11.3 Å². The van der Waals surface area contributed by atoms with Crippen molar-refractivity contribution in [1.82, 2.24) is 10.3 Å². The Morgan fingerprint density at radius 1 is 1.29 bits per heavy atom. The molecule has 0 aliphatic carbocycles. The number of aliphatic hydroxyl groups excluding tert-OH is 1. The third-order valence-electron chi connectivity index (χ3n) is 4.92. The highest BCUT2D eigenvalue weighted by Crippen LogP contribution is 2.32. The Kier molecular flexibility index (Phi) is 5.21. The molecule has 2 heterocycles. The molecule has 0 fully saturated rings. The van der Waals surface area contributed by atoms with Gasteiger partial charge in [0.15, 0.2) is 5.01 Å². The quantitative estimate of drug-likeness (QED) is 0.628. The number of nitrogens with one attached hydrogen (secondary N) is 2. The van der Waals surface area contributed by atoms with Crippen molar-refractivity contribution in [3.05, 3.63) is 68.9 Å². The van der Waals surface area contributed by atoms with Crippen LogP contribution in [0.5, 0.6) is 0 Å². The molecule has 7 heteroatoms. The standard InChI is InChI=1S/C21H20FN3O2S/c1-12-14(15-6-2-4-13(11-26)19(15)22)5-3-7-16(12)24-20(27)21-25-17-8-9-23-10-18(17)28-21/h2-7,23,26H,8-11H2,1H3,(H,24,27). The summed E-state index contributed by atoms with van der Waals surface area (Å²) in [6.07, 6.45) is 0.827. The minimum Gasteiger partial charge on any atom is -0.392 e. The van der Waals surface area contributed by atoms with E-state index >= 15 is 0 Å². The highest BCUT2D eigenvalue weighted by molar-refractivity contribution is 7.13. The number of aromatic nitrogens is 1. The van der Waals surface area contributed by atoms with Gasteiger partial charge in [0.05, 0.1) is 12.3 Å². The second-order valence-corrected chi connectivity index (χ2v) is 7.77. The maximum absolute atomic E-state index is 14.7. The van der Waals surface area contributed by atoms with E-state index in [9.17, 15) is 14.3 Å². The second-order valence-electron chi connectivity index (χ2n) is 6.68. The van der Waals surface area contributed by atoms with Gasteiger partial charge in [-0.05, 0) is 24.1 Å². The van der Waals surface area contributed by atoms with Crippen LogP contribution in [0, 0.1) is 12.7 Å². The maximum atomic E-state index is 14.7. The Bertz CT molecular complexity index is 1020. The monoisotopic (exact) mass is 397 g/mol. The molecule has 1 amide bonds. The summed E-state index contributed by atoms with van der Waals surface area (Å²) in [6.45, 7) is 3.10. The predicted molar refractivity (Wildman–Crippen MR) is 108 cm³/mol. The van der Waals surface area contributed by atoms with Crippen LogP contribution in [-0.4, -0.2) is 22.5 Å². The zero-order valence-corrected chi connectivity index (χ0v) is 16.2. The first kappa shape index (κ1) is 18.7. The number of anilines is 1. The van der Waals surface area contributed by atoms with Crippen LogP contribution in [0.4, 0.5) is 10.1 Å². The van der Waals surface area contributed by atoms with Crippen molar-refractivity contribution in [1.29, 1.82) is 0 Å². The molecule has 1 aromatic heterocycles. The lowest BCUT2D eigenvalue weighted by molar-refractivity contribution is 0.102. The first-order valence-electron chi connectivity index (χ1n) is 9.07. The Balaban J connectivity index is 1.64. The van der Waals surface area contributed by atoms with Gasteiger partial charge in [-0.3, -0.25) is 4.79 Å². The van der Waals surface area contributed by atoms with Crippen LogP contribution in [0.15, 0.2) is 36.4 Å². The van der Waals surface area contributed by atoms with Gasteiger partial charge in [0.1, 0.15) is 5.82 Å². The zero-order valence-electron chi connectivity index (χ0n) is 15.4. The highest BCUT2D eigenvalue weighted by Gasteiger charge is 2.20. The average molecular weight is 397 g/mol. The summed E-state index contributed by atoms with van der Waals surface area (Å²) in [7, 11) is 0. The smallest absolute Gasteiger partial charge is 0.284 e. The van der Waals surface area contributed by atoms with Crippen LogP contribution in [0.25, 0.3) is 11.1 Å². The number of amides is 1.